The van der Waals surface area contributed by atoms with E-state index in [1.54, 1.807) is 17.3 Å². The smallest absolute Gasteiger partial charge is 0.410 e. The lowest BCUT2D eigenvalue weighted by atomic mass is 10.2. The zero-order valence-corrected chi connectivity index (χ0v) is 13.9. The Labute approximate surface area is 135 Å². The van der Waals surface area contributed by atoms with Crippen molar-refractivity contribution in [3.8, 4) is 0 Å². The van der Waals surface area contributed by atoms with Gasteiger partial charge < -0.3 is 19.3 Å². The molecule has 0 N–H and O–H groups in total. The number of carbonyl (C=O) groups is 2. The van der Waals surface area contributed by atoms with Gasteiger partial charge in [-0.2, -0.15) is 0 Å². The highest BCUT2D eigenvalue weighted by molar-refractivity contribution is 5.85. The molecule has 23 heavy (non-hydrogen) atoms. The fourth-order valence-corrected chi connectivity index (χ4v) is 2.15. The van der Waals surface area contributed by atoms with Crippen LogP contribution < -0.4 is 4.90 Å². The fraction of sp³-hybridized carbons (Fsp3) is 0.600. The molecular formula is C15H22N4O4. The van der Waals surface area contributed by atoms with Crippen molar-refractivity contribution in [3.05, 3.63) is 18.2 Å². The van der Waals surface area contributed by atoms with Crippen LogP contribution in [-0.2, 0) is 9.47 Å². The van der Waals surface area contributed by atoms with Crippen LogP contribution in [0.5, 0.6) is 0 Å². The van der Waals surface area contributed by atoms with Gasteiger partial charge >= 0.3 is 12.1 Å². The molecule has 0 radical (unpaired) electrons. The number of esters is 1. The molecule has 8 nitrogen and oxygen atoms in total. The van der Waals surface area contributed by atoms with Crippen molar-refractivity contribution >= 4 is 17.7 Å². The molecule has 1 aliphatic heterocycles. The molecule has 0 bridgehead atoms. The Morgan fingerprint density at radius 2 is 1.65 bits per heavy atom. The molecule has 0 spiro atoms. The minimum Gasteiger partial charge on any atom is -0.463 e. The maximum Gasteiger partial charge on any atom is 0.410 e. The number of methoxy groups -OCH3 is 1. The summed E-state index contributed by atoms with van der Waals surface area (Å²) in [6.45, 7) is 7.98. The summed E-state index contributed by atoms with van der Waals surface area (Å²) in [5.41, 5.74) is 0.313. The standard InChI is InChI=1S/C15H22N4O4/c1-15(2,3)23-14(21)19-7-5-18(6-8-19)11-9-16-12(17-10-11)13(20)22-4/h9-10H,5-8H2,1-4H3. The second kappa shape index (κ2) is 6.80. The largest absolute Gasteiger partial charge is 0.463 e. The molecule has 1 aromatic heterocycles. The van der Waals surface area contributed by atoms with Crippen molar-refractivity contribution in [2.75, 3.05) is 38.2 Å². The molecule has 126 valence electrons. The lowest BCUT2D eigenvalue weighted by molar-refractivity contribution is 0.0240. The van der Waals surface area contributed by atoms with E-state index in [-0.39, 0.29) is 11.9 Å². The van der Waals surface area contributed by atoms with Crippen molar-refractivity contribution in [1.29, 1.82) is 0 Å². The van der Waals surface area contributed by atoms with Gasteiger partial charge in [0.25, 0.3) is 0 Å². The SMILES string of the molecule is COC(=O)c1ncc(N2CCN(C(=O)OC(C)(C)C)CC2)cn1. The van der Waals surface area contributed by atoms with Gasteiger partial charge in [0.1, 0.15) is 5.60 Å². The van der Waals surface area contributed by atoms with Crippen molar-refractivity contribution in [2.24, 2.45) is 0 Å². The number of ether oxygens (including phenoxy) is 2. The molecular weight excluding hydrogens is 300 g/mol. The number of anilines is 1. The number of piperazine rings is 1. The van der Waals surface area contributed by atoms with Crippen LogP contribution in [0, 0.1) is 0 Å². The highest BCUT2D eigenvalue weighted by Crippen LogP contribution is 2.16. The summed E-state index contributed by atoms with van der Waals surface area (Å²) in [5, 5.41) is 0. The molecule has 0 aliphatic carbocycles. The number of aromatic nitrogens is 2. The van der Waals surface area contributed by atoms with Gasteiger partial charge in [0.2, 0.25) is 5.82 Å². The average Bonchev–Trinajstić information content (AvgIpc) is 2.53. The second-order valence-corrected chi connectivity index (χ2v) is 6.21. The van der Waals surface area contributed by atoms with E-state index in [2.05, 4.69) is 19.6 Å². The topological polar surface area (TPSA) is 84.9 Å². The zero-order valence-electron chi connectivity index (χ0n) is 13.9. The van der Waals surface area contributed by atoms with Crippen molar-refractivity contribution in [1.82, 2.24) is 14.9 Å². The summed E-state index contributed by atoms with van der Waals surface area (Å²) in [7, 11) is 1.29. The molecule has 1 saturated heterocycles. The molecule has 1 aromatic rings. The zero-order chi connectivity index (χ0) is 17.0. The Morgan fingerprint density at radius 1 is 1.09 bits per heavy atom. The van der Waals surface area contributed by atoms with Crippen LogP contribution in [0.3, 0.4) is 0 Å². The number of hydrogen-bond donors (Lipinski definition) is 0. The van der Waals surface area contributed by atoms with Crippen LogP contribution in [-0.4, -0.2) is 65.8 Å². The molecule has 0 saturated carbocycles. The monoisotopic (exact) mass is 322 g/mol. The maximum absolute atomic E-state index is 12.0. The van der Waals surface area contributed by atoms with Gasteiger partial charge in [-0.1, -0.05) is 0 Å². The molecule has 1 amide bonds. The number of rotatable bonds is 2. The number of hydrogen-bond acceptors (Lipinski definition) is 7. The minimum absolute atomic E-state index is 0.0311. The molecule has 0 aromatic carbocycles. The second-order valence-electron chi connectivity index (χ2n) is 6.21. The highest BCUT2D eigenvalue weighted by atomic mass is 16.6. The minimum atomic E-state index is -0.564. The van der Waals surface area contributed by atoms with Crippen LogP contribution in [0.2, 0.25) is 0 Å². The molecule has 0 unspecified atom stereocenters. The Bertz CT molecular complexity index is 560. The third kappa shape index (κ3) is 4.54. The number of amides is 1. The quantitative estimate of drug-likeness (QED) is 0.759. The first kappa shape index (κ1) is 17.0. The Kier molecular flexibility index (Phi) is 5.02. The van der Waals surface area contributed by atoms with Gasteiger partial charge in [-0.3, -0.25) is 0 Å². The Morgan fingerprint density at radius 3 is 2.13 bits per heavy atom. The highest BCUT2D eigenvalue weighted by Gasteiger charge is 2.26. The van der Waals surface area contributed by atoms with E-state index in [1.165, 1.54) is 7.11 Å². The Hall–Kier alpha value is -2.38. The third-order valence-corrected chi connectivity index (χ3v) is 3.30. The van der Waals surface area contributed by atoms with E-state index in [0.717, 1.165) is 5.69 Å². The van der Waals surface area contributed by atoms with E-state index in [9.17, 15) is 9.59 Å². The van der Waals surface area contributed by atoms with E-state index in [1.807, 2.05) is 20.8 Å². The van der Waals surface area contributed by atoms with Gasteiger partial charge in [-0.25, -0.2) is 19.6 Å². The average molecular weight is 322 g/mol. The van der Waals surface area contributed by atoms with E-state index < -0.39 is 11.6 Å². The summed E-state index contributed by atoms with van der Waals surface area (Å²) in [4.78, 5) is 35.1. The molecule has 2 heterocycles. The summed E-state index contributed by atoms with van der Waals surface area (Å²) in [5.74, 6) is -0.532. The third-order valence-electron chi connectivity index (χ3n) is 3.30. The summed E-state index contributed by atoms with van der Waals surface area (Å²) < 4.78 is 9.93. The summed E-state index contributed by atoms with van der Waals surface area (Å²) in [6, 6.07) is 0. The molecule has 1 fully saturated rings. The fourth-order valence-electron chi connectivity index (χ4n) is 2.15. The van der Waals surface area contributed by atoms with Gasteiger partial charge in [0.15, 0.2) is 0 Å². The lowest BCUT2D eigenvalue weighted by Gasteiger charge is -2.36. The summed E-state index contributed by atoms with van der Waals surface area (Å²) in [6.07, 6.45) is 2.87. The molecule has 8 heteroatoms. The van der Waals surface area contributed by atoms with Crippen LogP contribution in [0.25, 0.3) is 0 Å². The van der Waals surface area contributed by atoms with E-state index in [4.69, 9.17) is 4.74 Å². The lowest BCUT2D eigenvalue weighted by Crippen LogP contribution is -2.50. The summed E-state index contributed by atoms with van der Waals surface area (Å²) >= 11 is 0. The predicted molar refractivity (Wildman–Crippen MR) is 83.4 cm³/mol. The van der Waals surface area contributed by atoms with Gasteiger partial charge in [0.05, 0.1) is 25.2 Å². The number of nitrogens with zero attached hydrogens (tertiary/aromatic N) is 4. The van der Waals surface area contributed by atoms with Crippen molar-refractivity contribution in [3.63, 3.8) is 0 Å². The van der Waals surface area contributed by atoms with Crippen molar-refractivity contribution < 1.29 is 19.1 Å². The Balaban J connectivity index is 1.91. The maximum atomic E-state index is 12.0. The van der Waals surface area contributed by atoms with E-state index in [0.29, 0.717) is 26.2 Å². The predicted octanol–water partition coefficient (Wildman–Crippen LogP) is 1.32. The van der Waals surface area contributed by atoms with Gasteiger partial charge in [-0.05, 0) is 20.8 Å². The molecule has 1 aliphatic rings. The van der Waals surface area contributed by atoms with Crippen LogP contribution >= 0.6 is 0 Å². The van der Waals surface area contributed by atoms with Crippen LogP contribution in [0.1, 0.15) is 31.4 Å². The van der Waals surface area contributed by atoms with Gasteiger partial charge in [-0.15, -0.1) is 0 Å². The van der Waals surface area contributed by atoms with Crippen LogP contribution in [0.15, 0.2) is 12.4 Å². The van der Waals surface area contributed by atoms with Crippen molar-refractivity contribution in [2.45, 2.75) is 26.4 Å². The normalized spacial score (nSPS) is 15.3. The number of carbonyl (C=O) groups excluding carboxylic acids is 2. The van der Waals surface area contributed by atoms with Gasteiger partial charge in [0, 0.05) is 26.2 Å². The first-order chi connectivity index (χ1) is 10.8. The first-order valence-corrected chi connectivity index (χ1v) is 7.43. The van der Waals surface area contributed by atoms with E-state index >= 15 is 0 Å². The van der Waals surface area contributed by atoms with Crippen LogP contribution in [0.4, 0.5) is 10.5 Å². The first-order valence-electron chi connectivity index (χ1n) is 7.43. The molecule has 0 atom stereocenters. The molecule has 2 rings (SSSR count).